The summed E-state index contributed by atoms with van der Waals surface area (Å²) in [5.41, 5.74) is 0. The van der Waals surface area contributed by atoms with Gasteiger partial charge in [-0.25, -0.2) is 0 Å². The summed E-state index contributed by atoms with van der Waals surface area (Å²) in [6.45, 7) is 5.48. The molecule has 2 nitrogen and oxygen atoms in total. The van der Waals surface area contributed by atoms with Crippen LogP contribution in [0.3, 0.4) is 0 Å². The molecule has 2 aliphatic heterocycles. The average Bonchev–Trinajstić information content (AvgIpc) is 2.45. The molecule has 1 N–H and O–H groups in total. The smallest absolute Gasteiger partial charge is 0.0604 e. The number of fused-ring (bicyclic) bond motifs is 2. The first kappa shape index (κ1) is 10.4. The maximum atomic E-state index is 5.93. The summed E-state index contributed by atoms with van der Waals surface area (Å²) in [6, 6.07) is 1.52. The monoisotopic (exact) mass is 197 g/mol. The summed E-state index contributed by atoms with van der Waals surface area (Å²) in [7, 11) is 0. The second kappa shape index (κ2) is 4.63. The Hall–Kier alpha value is -0.0800. The quantitative estimate of drug-likeness (QED) is 0.747. The van der Waals surface area contributed by atoms with Crippen LogP contribution in [0.4, 0.5) is 0 Å². The predicted molar refractivity (Wildman–Crippen MR) is 58.4 cm³/mol. The van der Waals surface area contributed by atoms with Crippen molar-refractivity contribution < 1.29 is 4.74 Å². The highest BCUT2D eigenvalue weighted by molar-refractivity contribution is 4.92. The van der Waals surface area contributed by atoms with E-state index in [1.54, 1.807) is 0 Å². The molecule has 2 aliphatic rings. The molecule has 0 aromatic carbocycles. The van der Waals surface area contributed by atoms with E-state index in [2.05, 4.69) is 19.2 Å². The number of nitrogens with one attached hydrogen (secondary N) is 1. The molecule has 2 bridgehead atoms. The van der Waals surface area contributed by atoms with Gasteiger partial charge in [0.15, 0.2) is 0 Å². The summed E-state index contributed by atoms with van der Waals surface area (Å²) in [5, 5.41) is 3.64. The third-order valence-corrected chi connectivity index (χ3v) is 3.48. The van der Waals surface area contributed by atoms with Crippen molar-refractivity contribution in [1.82, 2.24) is 5.32 Å². The third-order valence-electron chi connectivity index (χ3n) is 3.48. The SMILES string of the molecule is CC(C)CCOC1CC2CCC(C1)N2. The molecule has 2 fully saturated rings. The van der Waals surface area contributed by atoms with Crippen molar-refractivity contribution in [2.24, 2.45) is 5.92 Å². The molecule has 2 atom stereocenters. The lowest BCUT2D eigenvalue weighted by Gasteiger charge is -2.29. The molecule has 0 aromatic rings. The van der Waals surface area contributed by atoms with Crippen molar-refractivity contribution in [3.8, 4) is 0 Å². The first-order chi connectivity index (χ1) is 6.74. The fourth-order valence-electron chi connectivity index (χ4n) is 2.61. The van der Waals surface area contributed by atoms with Gasteiger partial charge in [-0.05, 0) is 38.0 Å². The Balaban J connectivity index is 1.67. The second-order valence-corrected chi connectivity index (χ2v) is 5.28. The zero-order valence-corrected chi connectivity index (χ0v) is 9.46. The van der Waals surface area contributed by atoms with Crippen molar-refractivity contribution in [3.63, 3.8) is 0 Å². The molecular formula is C12H23NO. The van der Waals surface area contributed by atoms with E-state index < -0.39 is 0 Å². The predicted octanol–water partition coefficient (Wildman–Crippen LogP) is 2.33. The Bertz CT molecular complexity index is 169. The zero-order valence-electron chi connectivity index (χ0n) is 9.46. The Morgan fingerprint density at radius 3 is 2.43 bits per heavy atom. The number of rotatable bonds is 4. The first-order valence-electron chi connectivity index (χ1n) is 6.11. The van der Waals surface area contributed by atoms with E-state index in [0.29, 0.717) is 6.10 Å². The highest BCUT2D eigenvalue weighted by atomic mass is 16.5. The van der Waals surface area contributed by atoms with E-state index in [1.165, 1.54) is 32.1 Å². The van der Waals surface area contributed by atoms with Crippen LogP contribution >= 0.6 is 0 Å². The lowest BCUT2D eigenvalue weighted by Crippen LogP contribution is -2.41. The molecule has 2 heteroatoms. The molecule has 2 heterocycles. The highest BCUT2D eigenvalue weighted by Gasteiger charge is 2.33. The van der Waals surface area contributed by atoms with Gasteiger partial charge in [0, 0.05) is 18.7 Å². The Morgan fingerprint density at radius 2 is 1.86 bits per heavy atom. The Kier molecular flexibility index (Phi) is 3.45. The van der Waals surface area contributed by atoms with Gasteiger partial charge in [-0.2, -0.15) is 0 Å². The molecule has 0 aromatic heterocycles. The largest absolute Gasteiger partial charge is 0.378 e. The lowest BCUT2D eigenvalue weighted by atomic mass is 10.0. The van der Waals surface area contributed by atoms with Crippen molar-refractivity contribution in [2.75, 3.05) is 6.61 Å². The fourth-order valence-corrected chi connectivity index (χ4v) is 2.61. The van der Waals surface area contributed by atoms with Crippen LogP contribution in [0.1, 0.15) is 46.0 Å². The molecule has 82 valence electrons. The molecule has 0 amide bonds. The van der Waals surface area contributed by atoms with Crippen molar-refractivity contribution in [1.29, 1.82) is 0 Å². The van der Waals surface area contributed by atoms with Gasteiger partial charge in [0.25, 0.3) is 0 Å². The third kappa shape index (κ3) is 2.71. The minimum Gasteiger partial charge on any atom is -0.378 e. The number of ether oxygens (including phenoxy) is 1. The van der Waals surface area contributed by atoms with Gasteiger partial charge in [0.05, 0.1) is 6.10 Å². The maximum absolute atomic E-state index is 5.93. The van der Waals surface area contributed by atoms with Crippen molar-refractivity contribution >= 4 is 0 Å². The number of hydrogen-bond donors (Lipinski definition) is 1. The fraction of sp³-hybridized carbons (Fsp3) is 1.00. The van der Waals surface area contributed by atoms with Gasteiger partial charge >= 0.3 is 0 Å². The van der Waals surface area contributed by atoms with Crippen LogP contribution in [0, 0.1) is 5.92 Å². The molecular weight excluding hydrogens is 174 g/mol. The van der Waals surface area contributed by atoms with Crippen LogP contribution in [-0.4, -0.2) is 24.8 Å². The summed E-state index contributed by atoms with van der Waals surface area (Å²) >= 11 is 0. The second-order valence-electron chi connectivity index (χ2n) is 5.28. The summed E-state index contributed by atoms with van der Waals surface area (Å²) in [4.78, 5) is 0. The molecule has 0 aliphatic carbocycles. The van der Waals surface area contributed by atoms with Gasteiger partial charge in [0.1, 0.15) is 0 Å². The Morgan fingerprint density at radius 1 is 1.21 bits per heavy atom. The molecule has 2 unspecified atom stereocenters. The topological polar surface area (TPSA) is 21.3 Å². The Labute approximate surface area is 87.4 Å². The number of hydrogen-bond acceptors (Lipinski definition) is 2. The zero-order chi connectivity index (χ0) is 9.97. The average molecular weight is 197 g/mol. The van der Waals surface area contributed by atoms with E-state index in [9.17, 15) is 0 Å². The maximum Gasteiger partial charge on any atom is 0.0604 e. The minimum absolute atomic E-state index is 0.549. The van der Waals surface area contributed by atoms with Gasteiger partial charge < -0.3 is 10.1 Å². The normalized spacial score (nSPS) is 36.6. The standard InChI is InChI=1S/C12H23NO/c1-9(2)5-6-14-12-7-10-3-4-11(8-12)13-10/h9-13H,3-8H2,1-2H3. The lowest BCUT2D eigenvalue weighted by molar-refractivity contribution is 0.0152. The van der Waals surface area contributed by atoms with E-state index in [-0.39, 0.29) is 0 Å². The van der Waals surface area contributed by atoms with Crippen LogP contribution in [0.2, 0.25) is 0 Å². The van der Waals surface area contributed by atoms with Crippen molar-refractivity contribution in [3.05, 3.63) is 0 Å². The van der Waals surface area contributed by atoms with E-state index in [4.69, 9.17) is 4.74 Å². The van der Waals surface area contributed by atoms with Crippen LogP contribution in [0.5, 0.6) is 0 Å². The minimum atomic E-state index is 0.549. The summed E-state index contributed by atoms with van der Waals surface area (Å²) < 4.78 is 5.93. The first-order valence-corrected chi connectivity index (χ1v) is 6.11. The number of piperidine rings is 1. The van der Waals surface area contributed by atoms with Crippen LogP contribution in [0.15, 0.2) is 0 Å². The van der Waals surface area contributed by atoms with Gasteiger partial charge in [-0.15, -0.1) is 0 Å². The summed E-state index contributed by atoms with van der Waals surface area (Å²) in [5.74, 6) is 0.772. The van der Waals surface area contributed by atoms with E-state index >= 15 is 0 Å². The molecule has 2 rings (SSSR count). The van der Waals surface area contributed by atoms with Gasteiger partial charge in [0.2, 0.25) is 0 Å². The highest BCUT2D eigenvalue weighted by Crippen LogP contribution is 2.28. The van der Waals surface area contributed by atoms with E-state index in [0.717, 1.165) is 24.6 Å². The van der Waals surface area contributed by atoms with Crippen LogP contribution in [0.25, 0.3) is 0 Å². The van der Waals surface area contributed by atoms with Crippen molar-refractivity contribution in [2.45, 2.75) is 64.1 Å². The summed E-state index contributed by atoms with van der Waals surface area (Å²) in [6.07, 6.45) is 6.98. The van der Waals surface area contributed by atoms with Gasteiger partial charge in [-0.3, -0.25) is 0 Å². The molecule has 0 spiro atoms. The molecule has 0 saturated carbocycles. The van der Waals surface area contributed by atoms with Crippen LogP contribution < -0.4 is 5.32 Å². The molecule has 0 radical (unpaired) electrons. The molecule has 2 saturated heterocycles. The molecule has 14 heavy (non-hydrogen) atoms. The van der Waals surface area contributed by atoms with Crippen LogP contribution in [-0.2, 0) is 4.74 Å². The van der Waals surface area contributed by atoms with Gasteiger partial charge in [-0.1, -0.05) is 13.8 Å². The van der Waals surface area contributed by atoms with E-state index in [1.807, 2.05) is 0 Å².